The Morgan fingerprint density at radius 3 is 2.44 bits per heavy atom. The van der Waals surface area contributed by atoms with Gasteiger partial charge in [-0.3, -0.25) is 0 Å². The van der Waals surface area contributed by atoms with Crippen molar-refractivity contribution in [3.63, 3.8) is 0 Å². The first-order valence-electron chi connectivity index (χ1n) is 4.82. The second-order valence-electron chi connectivity index (χ2n) is 4.21. The summed E-state index contributed by atoms with van der Waals surface area (Å²) in [6, 6.07) is -1.08. The number of nitrogens with one attached hydrogen (secondary N) is 1. The molecule has 0 aliphatic heterocycles. The van der Waals surface area contributed by atoms with Crippen LogP contribution in [0, 0.1) is 6.57 Å². The van der Waals surface area contributed by atoms with Gasteiger partial charge in [0.1, 0.15) is 11.6 Å². The van der Waals surface area contributed by atoms with Gasteiger partial charge in [0, 0.05) is 0 Å². The lowest BCUT2D eigenvalue weighted by Gasteiger charge is -2.21. The van der Waals surface area contributed by atoms with Crippen molar-refractivity contribution < 1.29 is 19.4 Å². The predicted molar refractivity (Wildman–Crippen MR) is 56.9 cm³/mol. The fourth-order valence-electron chi connectivity index (χ4n) is 0.901. The van der Waals surface area contributed by atoms with E-state index in [1.165, 1.54) is 0 Å². The molecule has 0 aliphatic carbocycles. The molecule has 16 heavy (non-hydrogen) atoms. The van der Waals surface area contributed by atoms with Crippen LogP contribution >= 0.6 is 0 Å². The second kappa shape index (κ2) is 5.95. The summed E-state index contributed by atoms with van der Waals surface area (Å²) in [5, 5.41) is 11.0. The highest BCUT2D eigenvalue weighted by atomic mass is 16.6. The van der Waals surface area contributed by atoms with Gasteiger partial charge in [0.15, 0.2) is 0 Å². The molecule has 90 valence electrons. The van der Waals surface area contributed by atoms with Crippen molar-refractivity contribution in [2.24, 2.45) is 0 Å². The number of amides is 1. The zero-order valence-electron chi connectivity index (χ0n) is 9.61. The number of rotatable bonds is 4. The normalized spacial score (nSPS) is 12.4. The average molecular weight is 228 g/mol. The molecule has 0 unspecified atom stereocenters. The monoisotopic (exact) mass is 228 g/mol. The van der Waals surface area contributed by atoms with E-state index in [2.05, 4.69) is 10.2 Å². The van der Waals surface area contributed by atoms with E-state index in [-0.39, 0.29) is 13.0 Å². The van der Waals surface area contributed by atoms with Crippen LogP contribution in [0.3, 0.4) is 0 Å². The molecule has 0 aromatic rings. The number of hydrogen-bond donors (Lipinski definition) is 2. The molecule has 2 N–H and O–H groups in total. The lowest BCUT2D eigenvalue weighted by molar-refractivity contribution is -0.139. The summed E-state index contributed by atoms with van der Waals surface area (Å²) in [6.07, 6.45) is -0.720. The molecule has 0 heterocycles. The fraction of sp³-hybridized carbons (Fsp3) is 0.700. The first-order valence-corrected chi connectivity index (χ1v) is 4.82. The van der Waals surface area contributed by atoms with E-state index >= 15 is 0 Å². The summed E-state index contributed by atoms with van der Waals surface area (Å²) in [5.74, 6) is -1.17. The Hall–Kier alpha value is -1.77. The molecule has 0 aliphatic rings. The van der Waals surface area contributed by atoms with E-state index in [0.29, 0.717) is 0 Å². The molecule has 0 bridgehead atoms. The summed E-state index contributed by atoms with van der Waals surface area (Å²) >= 11 is 0. The smallest absolute Gasteiger partial charge is 0.408 e. The second-order valence-corrected chi connectivity index (χ2v) is 4.21. The van der Waals surface area contributed by atoms with Gasteiger partial charge in [-0.15, -0.1) is 0 Å². The van der Waals surface area contributed by atoms with Crippen LogP contribution in [0.5, 0.6) is 0 Å². The van der Waals surface area contributed by atoms with Gasteiger partial charge in [-0.05, 0) is 20.8 Å². The number of carboxylic acids is 1. The SMILES string of the molecule is [C-]#[N+]CC[C@@H](NC(=O)OC(C)(C)C)C(=O)O. The van der Waals surface area contributed by atoms with Crippen LogP contribution < -0.4 is 5.32 Å². The number of carbonyl (C=O) groups is 2. The molecule has 6 heteroatoms. The minimum atomic E-state index is -1.17. The predicted octanol–water partition coefficient (Wildman–Crippen LogP) is 1.27. The largest absolute Gasteiger partial charge is 0.480 e. The van der Waals surface area contributed by atoms with Gasteiger partial charge in [-0.2, -0.15) is 0 Å². The molecule has 0 fully saturated rings. The van der Waals surface area contributed by atoms with Gasteiger partial charge in [0.05, 0.1) is 6.42 Å². The van der Waals surface area contributed by atoms with Crippen molar-refractivity contribution in [1.82, 2.24) is 5.32 Å². The van der Waals surface area contributed by atoms with E-state index in [0.717, 1.165) is 0 Å². The maximum absolute atomic E-state index is 11.3. The Balaban J connectivity index is 4.25. The lowest BCUT2D eigenvalue weighted by atomic mass is 10.2. The van der Waals surface area contributed by atoms with Gasteiger partial charge in [-0.25, -0.2) is 16.2 Å². The minimum absolute atomic E-state index is 0.0484. The Bertz CT molecular complexity index is 301. The molecule has 0 spiro atoms. The number of carboxylic acid groups (broad SMARTS) is 1. The average Bonchev–Trinajstić information content (AvgIpc) is 2.08. The number of alkyl carbamates (subject to hydrolysis) is 1. The number of carbonyl (C=O) groups excluding carboxylic acids is 1. The molecule has 1 atom stereocenters. The van der Waals surface area contributed by atoms with E-state index in [1.807, 2.05) is 0 Å². The Morgan fingerprint density at radius 1 is 1.50 bits per heavy atom. The number of nitrogens with zero attached hydrogens (tertiary/aromatic N) is 1. The molecular formula is C10H16N2O4. The quantitative estimate of drug-likeness (QED) is 0.710. The third kappa shape index (κ3) is 6.65. The van der Waals surface area contributed by atoms with Crippen LogP contribution in [-0.4, -0.2) is 35.4 Å². The zero-order valence-corrected chi connectivity index (χ0v) is 9.61. The molecule has 0 aromatic carbocycles. The topological polar surface area (TPSA) is 80.0 Å². The van der Waals surface area contributed by atoms with Crippen molar-refractivity contribution in [1.29, 1.82) is 0 Å². The van der Waals surface area contributed by atoms with Gasteiger partial charge in [0.25, 0.3) is 0 Å². The number of hydrogen-bond acceptors (Lipinski definition) is 3. The molecule has 0 saturated heterocycles. The maximum atomic E-state index is 11.3. The maximum Gasteiger partial charge on any atom is 0.408 e. The highest BCUT2D eigenvalue weighted by Gasteiger charge is 2.24. The van der Waals surface area contributed by atoms with E-state index in [1.54, 1.807) is 20.8 Å². The molecular weight excluding hydrogens is 212 g/mol. The molecule has 0 saturated carbocycles. The van der Waals surface area contributed by atoms with E-state index in [4.69, 9.17) is 16.4 Å². The number of ether oxygens (including phenoxy) is 1. The zero-order chi connectivity index (χ0) is 12.8. The number of aliphatic carboxylic acids is 1. The third-order valence-corrected chi connectivity index (χ3v) is 1.52. The summed E-state index contributed by atoms with van der Waals surface area (Å²) < 4.78 is 4.91. The van der Waals surface area contributed by atoms with Crippen LogP contribution in [0.4, 0.5) is 4.79 Å². The van der Waals surface area contributed by atoms with Crippen molar-refractivity contribution >= 4 is 12.1 Å². The van der Waals surface area contributed by atoms with Crippen molar-refractivity contribution in [3.05, 3.63) is 11.4 Å². The molecule has 0 aromatic heterocycles. The standard InChI is InChI=1S/C10H16N2O4/c1-10(2,3)16-9(15)12-7(8(13)14)5-6-11-4/h7H,5-6H2,1-3H3,(H,12,15)(H,13,14)/t7-/m1/s1. The first-order chi connectivity index (χ1) is 7.26. The third-order valence-electron chi connectivity index (χ3n) is 1.52. The summed E-state index contributed by atoms with van der Waals surface area (Å²) in [4.78, 5) is 25.0. The van der Waals surface area contributed by atoms with Crippen LogP contribution in [-0.2, 0) is 9.53 Å². The molecule has 1 amide bonds. The molecule has 0 radical (unpaired) electrons. The van der Waals surface area contributed by atoms with Crippen molar-refractivity contribution in [2.75, 3.05) is 6.54 Å². The minimum Gasteiger partial charge on any atom is -0.480 e. The van der Waals surface area contributed by atoms with Crippen LogP contribution in [0.25, 0.3) is 4.85 Å². The first kappa shape index (κ1) is 14.2. The van der Waals surface area contributed by atoms with Crippen molar-refractivity contribution in [3.8, 4) is 0 Å². The molecule has 6 nitrogen and oxygen atoms in total. The summed E-state index contributed by atoms with van der Waals surface area (Å²) in [5.41, 5.74) is -0.674. The Kier molecular flexibility index (Phi) is 5.30. The van der Waals surface area contributed by atoms with Crippen LogP contribution in [0.1, 0.15) is 27.2 Å². The van der Waals surface area contributed by atoms with Gasteiger partial charge >= 0.3 is 12.1 Å². The fourth-order valence-corrected chi connectivity index (χ4v) is 0.901. The van der Waals surface area contributed by atoms with Crippen molar-refractivity contribution in [2.45, 2.75) is 38.8 Å². The van der Waals surface area contributed by atoms with Crippen LogP contribution in [0.15, 0.2) is 0 Å². The van der Waals surface area contributed by atoms with E-state index < -0.39 is 23.7 Å². The Labute approximate surface area is 94.4 Å². The lowest BCUT2D eigenvalue weighted by Crippen LogP contribution is -2.43. The highest BCUT2D eigenvalue weighted by molar-refractivity contribution is 5.80. The summed E-state index contributed by atoms with van der Waals surface area (Å²) in [7, 11) is 0. The van der Waals surface area contributed by atoms with Crippen LogP contribution in [0.2, 0.25) is 0 Å². The van der Waals surface area contributed by atoms with Gasteiger partial charge in [-0.1, -0.05) is 0 Å². The van der Waals surface area contributed by atoms with Gasteiger partial charge < -0.3 is 20.0 Å². The highest BCUT2D eigenvalue weighted by Crippen LogP contribution is 2.07. The molecule has 0 rings (SSSR count). The summed E-state index contributed by atoms with van der Waals surface area (Å²) in [6.45, 7) is 11.6. The van der Waals surface area contributed by atoms with Gasteiger partial charge in [0.2, 0.25) is 6.54 Å². The van der Waals surface area contributed by atoms with E-state index in [9.17, 15) is 9.59 Å². The Morgan fingerprint density at radius 2 is 2.06 bits per heavy atom.